The van der Waals surface area contributed by atoms with E-state index in [1.54, 1.807) is 0 Å². The minimum Gasteiger partial charge on any atom is -0.481 e. The van der Waals surface area contributed by atoms with Crippen molar-refractivity contribution in [2.75, 3.05) is 5.73 Å². The Kier molecular flexibility index (Phi) is 1.04. The van der Waals surface area contributed by atoms with Crippen LogP contribution in [0.1, 0.15) is 11.0 Å². The molecule has 11 heavy (non-hydrogen) atoms. The largest absolute Gasteiger partial charge is 0.481 e. The lowest BCUT2D eigenvalue weighted by Crippen LogP contribution is -2.02. The van der Waals surface area contributed by atoms with E-state index in [0.717, 1.165) is 0 Å². The minimum atomic E-state index is -1.19. The Morgan fingerprint density at radius 3 is 2.91 bits per heavy atom. The van der Waals surface area contributed by atoms with Gasteiger partial charge in [0.15, 0.2) is 0 Å². The number of hydrogen-bond acceptors (Lipinski definition) is 2. The third-order valence-corrected chi connectivity index (χ3v) is 1.13. The van der Waals surface area contributed by atoms with Gasteiger partial charge in [-0.1, -0.05) is 18.1 Å². The van der Waals surface area contributed by atoms with E-state index in [9.17, 15) is 4.79 Å². The van der Waals surface area contributed by atoms with Gasteiger partial charge in [-0.2, -0.15) is 0 Å². The molecule has 58 valence electrons. The van der Waals surface area contributed by atoms with Gasteiger partial charge in [0.25, 0.3) is 0 Å². The van der Waals surface area contributed by atoms with Crippen LogP contribution >= 0.6 is 0 Å². The molecule has 0 spiro atoms. The molecule has 0 fully saturated rings. The van der Waals surface area contributed by atoms with Gasteiger partial charge in [0.1, 0.15) is 0 Å². The number of carboxylic acids is 1. The van der Waals surface area contributed by atoms with Crippen molar-refractivity contribution in [1.29, 1.82) is 0 Å². The normalized spacial score (nSPS) is 14.5. The summed E-state index contributed by atoms with van der Waals surface area (Å²) in [4.78, 5) is 10.5. The molecule has 0 radical (unpaired) electrons. The van der Waals surface area contributed by atoms with Crippen LogP contribution < -0.4 is 5.73 Å². The molecule has 1 rings (SSSR count). The number of rotatable bonds is 2. The first-order chi connectivity index (χ1) is 6.86. The number of hydrogen-bond donors (Lipinski definition) is 2. The number of aliphatic carboxylic acids is 1. The molecule has 0 aromatic heterocycles. The van der Waals surface area contributed by atoms with Crippen LogP contribution in [0.25, 0.3) is 0 Å². The van der Waals surface area contributed by atoms with Crippen molar-refractivity contribution < 1.29 is 15.4 Å². The zero-order valence-corrected chi connectivity index (χ0v) is 5.64. The first-order valence-electron chi connectivity index (χ1n) is 4.92. The molecule has 0 atom stereocenters. The van der Waals surface area contributed by atoms with Crippen molar-refractivity contribution in [1.82, 2.24) is 0 Å². The lowest BCUT2D eigenvalue weighted by atomic mass is 10.1. The van der Waals surface area contributed by atoms with Crippen LogP contribution in [-0.4, -0.2) is 11.1 Å². The molecule has 3 heteroatoms. The van der Waals surface area contributed by atoms with Gasteiger partial charge in [0, 0.05) is 5.69 Å². The zero-order valence-electron chi connectivity index (χ0n) is 9.64. The number of anilines is 1. The summed E-state index contributed by atoms with van der Waals surface area (Å²) >= 11 is 0. The summed E-state index contributed by atoms with van der Waals surface area (Å²) in [5.74, 6) is -1.19. The second kappa shape index (κ2) is 3.05. The lowest BCUT2D eigenvalue weighted by molar-refractivity contribution is -0.136. The van der Waals surface area contributed by atoms with Gasteiger partial charge in [-0.25, -0.2) is 0 Å². The molecule has 0 bridgehead atoms. The van der Waals surface area contributed by atoms with Crippen molar-refractivity contribution in [3.63, 3.8) is 0 Å². The van der Waals surface area contributed by atoms with Crippen LogP contribution in [0.3, 0.4) is 0 Å². The minimum absolute atomic E-state index is 0.0755. The fraction of sp³-hybridized carbons (Fsp3) is 0.125. The highest BCUT2D eigenvalue weighted by Gasteiger charge is 2.01. The predicted octanol–water partition coefficient (Wildman–Crippen LogP) is 0.896. The predicted molar refractivity (Wildman–Crippen MR) is 42.2 cm³/mol. The Bertz CT molecular complexity index is 404. The summed E-state index contributed by atoms with van der Waals surface area (Å²) in [6, 6.07) is -1.71. The molecular formula is C8H9NO2. The molecule has 0 amide bonds. The van der Waals surface area contributed by atoms with Gasteiger partial charge in [-0.05, 0) is 11.6 Å². The Hall–Kier alpha value is -1.51. The van der Waals surface area contributed by atoms with E-state index < -0.39 is 36.6 Å². The fourth-order valence-corrected chi connectivity index (χ4v) is 0.639. The van der Waals surface area contributed by atoms with Crippen molar-refractivity contribution in [3.05, 3.63) is 29.7 Å². The Morgan fingerprint density at radius 1 is 1.64 bits per heavy atom. The molecule has 0 unspecified atom stereocenters. The molecule has 0 aliphatic rings. The molecule has 0 saturated heterocycles. The van der Waals surface area contributed by atoms with Crippen LogP contribution in [0.5, 0.6) is 0 Å². The third-order valence-electron chi connectivity index (χ3n) is 1.13. The van der Waals surface area contributed by atoms with E-state index in [1.807, 2.05) is 0 Å². The lowest BCUT2D eigenvalue weighted by Gasteiger charge is -1.99. The van der Waals surface area contributed by atoms with E-state index in [0.29, 0.717) is 0 Å². The summed E-state index contributed by atoms with van der Waals surface area (Å²) in [6.07, 6.45) is -0.511. The Morgan fingerprint density at radius 2 is 2.27 bits per heavy atom. The van der Waals surface area contributed by atoms with Gasteiger partial charge in [0.05, 0.1) is 11.9 Å². The van der Waals surface area contributed by atoms with Crippen LogP contribution in [0.4, 0.5) is 5.69 Å². The van der Waals surface area contributed by atoms with Gasteiger partial charge < -0.3 is 10.8 Å². The molecule has 0 heterocycles. The highest BCUT2D eigenvalue weighted by atomic mass is 16.4. The number of para-hydroxylation sites is 1. The first kappa shape index (κ1) is 3.76. The number of benzene rings is 1. The van der Waals surface area contributed by atoms with Crippen molar-refractivity contribution >= 4 is 11.7 Å². The zero-order chi connectivity index (χ0) is 11.7. The number of nitrogens with two attached hydrogens (primary N) is 1. The van der Waals surface area contributed by atoms with Gasteiger partial charge >= 0.3 is 5.97 Å². The summed E-state index contributed by atoms with van der Waals surface area (Å²) in [5, 5.41) is 8.56. The quantitative estimate of drug-likeness (QED) is 0.623. The van der Waals surface area contributed by atoms with Gasteiger partial charge in [0.2, 0.25) is 0 Å². The molecule has 0 aliphatic heterocycles. The summed E-state index contributed by atoms with van der Waals surface area (Å²) in [7, 11) is 0. The van der Waals surface area contributed by atoms with Gasteiger partial charge in [-0.15, -0.1) is 0 Å². The monoisotopic (exact) mass is 155 g/mol. The Balaban J connectivity index is 3.45. The first-order valence-corrected chi connectivity index (χ1v) is 2.92. The third kappa shape index (κ3) is 1.97. The highest BCUT2D eigenvalue weighted by molar-refractivity contribution is 5.72. The topological polar surface area (TPSA) is 63.3 Å². The Labute approximate surface area is 70.1 Å². The van der Waals surface area contributed by atoms with E-state index in [1.165, 1.54) is 0 Å². The van der Waals surface area contributed by atoms with E-state index >= 15 is 0 Å². The molecule has 0 aliphatic carbocycles. The highest BCUT2D eigenvalue weighted by Crippen LogP contribution is 2.10. The maximum absolute atomic E-state index is 10.5. The smallest absolute Gasteiger partial charge is 0.307 e. The number of carboxylic acid groups (broad SMARTS) is 1. The average molecular weight is 155 g/mol. The van der Waals surface area contributed by atoms with E-state index in [2.05, 4.69) is 0 Å². The fourth-order valence-electron chi connectivity index (χ4n) is 0.639. The molecule has 3 N–H and O–H groups in total. The summed E-state index contributed by atoms with van der Waals surface area (Å²) in [5.41, 5.74) is 5.15. The van der Waals surface area contributed by atoms with E-state index in [-0.39, 0.29) is 11.3 Å². The van der Waals surface area contributed by atoms with Gasteiger partial charge in [-0.3, -0.25) is 4.79 Å². The maximum atomic E-state index is 10.5. The second-order valence-electron chi connectivity index (χ2n) is 1.96. The summed E-state index contributed by atoms with van der Waals surface area (Å²) in [6.45, 7) is 0. The standard InChI is InChI=1S/C8H9NO2/c9-7-4-2-1-3-6(7)5-8(10)11/h1-4H,5,9H2,(H,10,11)/i1D,2D,3D,4D. The van der Waals surface area contributed by atoms with Crippen molar-refractivity contribution in [2.45, 2.75) is 6.42 Å². The van der Waals surface area contributed by atoms with Crippen LogP contribution in [0.15, 0.2) is 24.2 Å². The number of nitrogen functional groups attached to an aromatic ring is 1. The number of carbonyl (C=O) groups is 1. The summed E-state index contributed by atoms with van der Waals surface area (Å²) < 4.78 is 29.4. The molecule has 0 saturated carbocycles. The molecule has 1 aromatic carbocycles. The van der Waals surface area contributed by atoms with E-state index in [4.69, 9.17) is 16.3 Å². The molecule has 1 aromatic rings. The van der Waals surface area contributed by atoms with Crippen molar-refractivity contribution in [2.24, 2.45) is 0 Å². The molecular weight excluding hydrogens is 142 g/mol. The molecule has 3 nitrogen and oxygen atoms in total. The van der Waals surface area contributed by atoms with Crippen LogP contribution in [-0.2, 0) is 11.2 Å². The van der Waals surface area contributed by atoms with Crippen molar-refractivity contribution in [3.8, 4) is 0 Å². The SMILES string of the molecule is [2H]c1c([2H])c([2H])c(CC(=O)O)c(N)c1[2H]. The maximum Gasteiger partial charge on any atom is 0.307 e. The van der Waals surface area contributed by atoms with Crippen LogP contribution in [0.2, 0.25) is 0 Å². The second-order valence-corrected chi connectivity index (χ2v) is 1.96. The van der Waals surface area contributed by atoms with Crippen LogP contribution in [0, 0.1) is 0 Å². The average Bonchev–Trinajstić information content (AvgIpc) is 2.18.